The molecule has 1 fully saturated rings. The van der Waals surface area contributed by atoms with E-state index in [-0.39, 0.29) is 12.1 Å². The zero-order valence-corrected chi connectivity index (χ0v) is 16.5. The summed E-state index contributed by atoms with van der Waals surface area (Å²) >= 11 is 0. The summed E-state index contributed by atoms with van der Waals surface area (Å²) in [4.78, 5) is 12.5. The molecule has 1 aromatic rings. The molecule has 142 valence electrons. The van der Waals surface area contributed by atoms with Crippen molar-refractivity contribution >= 4 is 11.5 Å². The third kappa shape index (κ3) is 4.99. The molecule has 0 amide bonds. The number of ether oxygens (including phenoxy) is 1. The minimum absolute atomic E-state index is 0.113. The molecule has 2 heteroatoms. The first-order chi connectivity index (χ1) is 12.7. The van der Waals surface area contributed by atoms with E-state index in [0.29, 0.717) is 5.56 Å². The number of hydrogen-bond donors (Lipinski definition) is 0. The Morgan fingerprint density at radius 1 is 1.00 bits per heavy atom. The molecule has 1 aromatic carbocycles. The first-order valence-corrected chi connectivity index (χ1v) is 10.7. The first kappa shape index (κ1) is 19.2. The Balaban J connectivity index is 1.52. The molecule has 0 saturated heterocycles. The Labute approximate surface area is 159 Å². The molecule has 26 heavy (non-hydrogen) atoms. The van der Waals surface area contributed by atoms with Gasteiger partial charge in [0.15, 0.2) is 0 Å². The predicted molar refractivity (Wildman–Crippen MR) is 108 cm³/mol. The molecule has 0 N–H and O–H groups in total. The monoisotopic (exact) mass is 354 g/mol. The maximum Gasteiger partial charge on any atom is 0.338 e. The fraction of sp³-hybridized carbons (Fsp3) is 0.625. The van der Waals surface area contributed by atoms with Crippen LogP contribution in [0.25, 0.3) is 5.57 Å². The van der Waals surface area contributed by atoms with Crippen LogP contribution in [0.2, 0.25) is 0 Å². The second-order valence-electron chi connectivity index (χ2n) is 8.19. The highest BCUT2D eigenvalue weighted by Gasteiger charge is 2.24. The summed E-state index contributed by atoms with van der Waals surface area (Å²) in [7, 11) is 0. The van der Waals surface area contributed by atoms with Crippen LogP contribution in [-0.2, 0) is 4.74 Å². The molecular weight excluding hydrogens is 320 g/mol. The van der Waals surface area contributed by atoms with Gasteiger partial charge in [-0.05, 0) is 80.1 Å². The number of allylic oxidation sites excluding steroid dienone is 2. The van der Waals surface area contributed by atoms with E-state index >= 15 is 0 Å². The first-order valence-electron chi connectivity index (χ1n) is 10.7. The number of esters is 1. The maximum atomic E-state index is 12.5. The molecular formula is C24H34O2. The van der Waals surface area contributed by atoms with Crippen LogP contribution in [0, 0.1) is 11.8 Å². The van der Waals surface area contributed by atoms with Crippen molar-refractivity contribution in [2.24, 2.45) is 11.8 Å². The molecule has 0 bridgehead atoms. The lowest BCUT2D eigenvalue weighted by molar-refractivity contribution is 0.0161. The van der Waals surface area contributed by atoms with Gasteiger partial charge in [-0.25, -0.2) is 4.79 Å². The SMILES string of the molecule is CCCC1CCC(OC(=O)c2ccc(C3=CCC(CC)CC3)cc2)CC1. The molecule has 2 aliphatic carbocycles. The van der Waals surface area contributed by atoms with Crippen LogP contribution >= 0.6 is 0 Å². The molecule has 2 aliphatic rings. The van der Waals surface area contributed by atoms with E-state index in [0.717, 1.165) is 31.1 Å². The van der Waals surface area contributed by atoms with E-state index < -0.39 is 0 Å². The molecule has 1 saturated carbocycles. The van der Waals surface area contributed by atoms with E-state index in [2.05, 4.69) is 32.1 Å². The summed E-state index contributed by atoms with van der Waals surface area (Å²) in [6.45, 7) is 4.53. The highest BCUT2D eigenvalue weighted by Crippen LogP contribution is 2.32. The Morgan fingerprint density at radius 2 is 1.73 bits per heavy atom. The molecule has 1 unspecified atom stereocenters. The molecule has 2 nitrogen and oxygen atoms in total. The average Bonchev–Trinajstić information content (AvgIpc) is 2.70. The van der Waals surface area contributed by atoms with Crippen molar-refractivity contribution in [2.45, 2.75) is 84.2 Å². The average molecular weight is 355 g/mol. The second-order valence-corrected chi connectivity index (χ2v) is 8.19. The van der Waals surface area contributed by atoms with E-state index in [9.17, 15) is 4.79 Å². The van der Waals surface area contributed by atoms with E-state index in [4.69, 9.17) is 4.74 Å². The second kappa shape index (κ2) is 9.39. The fourth-order valence-corrected chi connectivity index (χ4v) is 4.51. The van der Waals surface area contributed by atoms with Crippen molar-refractivity contribution < 1.29 is 9.53 Å². The summed E-state index contributed by atoms with van der Waals surface area (Å²) in [6.07, 6.45) is 14.5. The quantitative estimate of drug-likeness (QED) is 0.525. The van der Waals surface area contributed by atoms with Crippen molar-refractivity contribution in [2.75, 3.05) is 0 Å². The van der Waals surface area contributed by atoms with Crippen LogP contribution in [-0.4, -0.2) is 12.1 Å². The maximum absolute atomic E-state index is 12.5. The van der Waals surface area contributed by atoms with Gasteiger partial charge in [-0.3, -0.25) is 0 Å². The zero-order valence-electron chi connectivity index (χ0n) is 16.5. The molecule has 0 aliphatic heterocycles. The van der Waals surface area contributed by atoms with E-state index in [1.807, 2.05) is 12.1 Å². The third-order valence-corrected chi connectivity index (χ3v) is 6.35. The highest BCUT2D eigenvalue weighted by molar-refractivity contribution is 5.90. The highest BCUT2D eigenvalue weighted by atomic mass is 16.5. The van der Waals surface area contributed by atoms with Gasteiger partial charge < -0.3 is 4.74 Å². The van der Waals surface area contributed by atoms with Crippen LogP contribution in [0.15, 0.2) is 30.3 Å². The summed E-state index contributed by atoms with van der Waals surface area (Å²) in [5.41, 5.74) is 3.38. The van der Waals surface area contributed by atoms with Crippen molar-refractivity contribution in [3.05, 3.63) is 41.5 Å². The summed E-state index contributed by atoms with van der Waals surface area (Å²) in [6, 6.07) is 8.06. The van der Waals surface area contributed by atoms with Gasteiger partial charge >= 0.3 is 5.97 Å². The number of hydrogen-bond acceptors (Lipinski definition) is 2. The van der Waals surface area contributed by atoms with E-state index in [1.54, 1.807) is 0 Å². The van der Waals surface area contributed by atoms with Crippen LogP contribution in [0.3, 0.4) is 0 Å². The summed E-state index contributed by atoms with van der Waals surface area (Å²) in [5, 5.41) is 0. The van der Waals surface area contributed by atoms with Gasteiger partial charge in [-0.15, -0.1) is 0 Å². The third-order valence-electron chi connectivity index (χ3n) is 6.35. The van der Waals surface area contributed by atoms with Gasteiger partial charge in [0, 0.05) is 0 Å². The zero-order chi connectivity index (χ0) is 18.4. The number of benzene rings is 1. The van der Waals surface area contributed by atoms with Gasteiger partial charge in [0.2, 0.25) is 0 Å². The Hall–Kier alpha value is -1.57. The van der Waals surface area contributed by atoms with Crippen molar-refractivity contribution in [3.63, 3.8) is 0 Å². The van der Waals surface area contributed by atoms with Gasteiger partial charge in [0.25, 0.3) is 0 Å². The number of rotatable bonds is 6. The lowest BCUT2D eigenvalue weighted by Crippen LogP contribution is -2.24. The van der Waals surface area contributed by atoms with E-state index in [1.165, 1.54) is 56.1 Å². The minimum atomic E-state index is -0.154. The lowest BCUT2D eigenvalue weighted by atomic mass is 9.84. The van der Waals surface area contributed by atoms with Crippen LogP contribution in [0.5, 0.6) is 0 Å². The normalized spacial score (nSPS) is 26.2. The molecule has 0 spiro atoms. The van der Waals surface area contributed by atoms with Crippen molar-refractivity contribution in [3.8, 4) is 0 Å². The van der Waals surface area contributed by atoms with Gasteiger partial charge in [-0.1, -0.05) is 51.3 Å². The molecule has 1 atom stereocenters. The van der Waals surface area contributed by atoms with Crippen LogP contribution in [0.1, 0.15) is 94.0 Å². The summed E-state index contributed by atoms with van der Waals surface area (Å²) < 4.78 is 5.76. The Morgan fingerprint density at radius 3 is 2.31 bits per heavy atom. The summed E-state index contributed by atoms with van der Waals surface area (Å²) in [5.74, 6) is 1.53. The Bertz CT molecular complexity index is 606. The molecule has 0 aromatic heterocycles. The van der Waals surface area contributed by atoms with Crippen molar-refractivity contribution in [1.29, 1.82) is 0 Å². The topological polar surface area (TPSA) is 26.3 Å². The Kier molecular flexibility index (Phi) is 6.93. The molecule has 3 rings (SSSR count). The predicted octanol–water partition coefficient (Wildman–Crippen LogP) is 6.80. The van der Waals surface area contributed by atoms with Crippen molar-refractivity contribution in [1.82, 2.24) is 0 Å². The van der Waals surface area contributed by atoms with Crippen LogP contribution in [0.4, 0.5) is 0 Å². The minimum Gasteiger partial charge on any atom is -0.459 e. The van der Waals surface area contributed by atoms with Gasteiger partial charge in [0.1, 0.15) is 6.10 Å². The van der Waals surface area contributed by atoms with Crippen LogP contribution < -0.4 is 0 Å². The van der Waals surface area contributed by atoms with Gasteiger partial charge in [0.05, 0.1) is 5.56 Å². The fourth-order valence-electron chi connectivity index (χ4n) is 4.51. The lowest BCUT2D eigenvalue weighted by Gasteiger charge is -2.28. The number of carbonyl (C=O) groups excluding carboxylic acids is 1. The van der Waals surface area contributed by atoms with Gasteiger partial charge in [-0.2, -0.15) is 0 Å². The standard InChI is InChI=1S/C24H34O2/c1-3-5-19-8-16-23(17-9-19)26-24(25)22-14-12-21(13-15-22)20-10-6-18(4-2)7-11-20/h10,12-15,18-19,23H,3-9,11,16-17H2,1-2H3. The number of carbonyl (C=O) groups is 1. The molecule has 0 heterocycles. The smallest absolute Gasteiger partial charge is 0.338 e. The largest absolute Gasteiger partial charge is 0.459 e. The molecule has 0 radical (unpaired) electrons.